The number of nitrogens with one attached hydrogen (secondary N) is 1. The van der Waals surface area contributed by atoms with Crippen LogP contribution < -0.4 is 25.4 Å². The number of carbonyl (C=O) groups is 1. The number of nitrogens with two attached hydrogens (primary N) is 1. The molecule has 1 saturated heterocycles. The Balaban J connectivity index is 1.74. The van der Waals surface area contributed by atoms with Crippen molar-refractivity contribution in [3.63, 3.8) is 0 Å². The highest BCUT2D eigenvalue weighted by Gasteiger charge is 2.27. The number of methoxy groups -OCH3 is 1. The van der Waals surface area contributed by atoms with Crippen LogP contribution in [0.5, 0.6) is 11.5 Å². The second kappa shape index (κ2) is 5.59. The summed E-state index contributed by atoms with van der Waals surface area (Å²) in [5.41, 5.74) is 7.67. The van der Waals surface area contributed by atoms with E-state index in [1.54, 1.807) is 6.07 Å². The van der Waals surface area contributed by atoms with Crippen LogP contribution in [0.1, 0.15) is 6.42 Å². The molecule has 7 nitrogen and oxygen atoms in total. The lowest BCUT2D eigenvalue weighted by Gasteiger charge is -2.25. The van der Waals surface area contributed by atoms with E-state index >= 15 is 0 Å². The Labute approximate surface area is 122 Å². The highest BCUT2D eigenvalue weighted by molar-refractivity contribution is 5.74. The van der Waals surface area contributed by atoms with Crippen molar-refractivity contribution in [1.29, 1.82) is 0 Å². The maximum Gasteiger partial charge on any atom is 0.407 e. The topological polar surface area (TPSA) is 86.1 Å². The van der Waals surface area contributed by atoms with Crippen molar-refractivity contribution in [2.24, 2.45) is 0 Å². The molecule has 1 amide bonds. The minimum atomic E-state index is -0.406. The van der Waals surface area contributed by atoms with Crippen molar-refractivity contribution in [2.45, 2.75) is 12.5 Å². The first-order valence-electron chi connectivity index (χ1n) is 6.96. The molecule has 1 unspecified atom stereocenters. The normalized spacial score (nSPS) is 20.2. The summed E-state index contributed by atoms with van der Waals surface area (Å²) >= 11 is 0. The van der Waals surface area contributed by atoms with Crippen molar-refractivity contribution in [1.82, 2.24) is 5.32 Å². The number of nitrogens with zero attached hydrogens (tertiary/aromatic N) is 1. The fourth-order valence-electron chi connectivity index (χ4n) is 2.69. The zero-order chi connectivity index (χ0) is 14.8. The zero-order valence-electron chi connectivity index (χ0n) is 11.9. The van der Waals surface area contributed by atoms with E-state index in [9.17, 15) is 4.79 Å². The van der Waals surface area contributed by atoms with Crippen LogP contribution in [0.15, 0.2) is 12.1 Å². The van der Waals surface area contributed by atoms with Gasteiger partial charge in [-0.2, -0.15) is 0 Å². The highest BCUT2D eigenvalue weighted by atomic mass is 16.6. The molecule has 1 fully saturated rings. The summed E-state index contributed by atoms with van der Waals surface area (Å²) in [5, 5.41) is 2.81. The number of nitrogen functional groups attached to an aromatic ring is 1. The van der Waals surface area contributed by atoms with E-state index in [0.29, 0.717) is 31.2 Å². The molecule has 21 heavy (non-hydrogen) atoms. The third-order valence-electron chi connectivity index (χ3n) is 3.73. The maximum absolute atomic E-state index is 11.3. The maximum atomic E-state index is 11.3. The van der Waals surface area contributed by atoms with Gasteiger partial charge in [-0.25, -0.2) is 4.79 Å². The molecule has 0 bridgehead atoms. The van der Waals surface area contributed by atoms with E-state index in [1.165, 1.54) is 7.11 Å². The first kappa shape index (κ1) is 13.7. The number of benzene rings is 1. The zero-order valence-corrected chi connectivity index (χ0v) is 11.9. The molecule has 1 atom stereocenters. The third-order valence-corrected chi connectivity index (χ3v) is 3.73. The smallest absolute Gasteiger partial charge is 0.407 e. The van der Waals surface area contributed by atoms with Crippen LogP contribution in [0.25, 0.3) is 0 Å². The summed E-state index contributed by atoms with van der Waals surface area (Å²) in [6.45, 7) is 2.60. The van der Waals surface area contributed by atoms with E-state index < -0.39 is 6.09 Å². The van der Waals surface area contributed by atoms with E-state index in [0.717, 1.165) is 24.4 Å². The van der Waals surface area contributed by atoms with Gasteiger partial charge in [-0.05, 0) is 6.42 Å². The predicted octanol–water partition coefficient (Wildman–Crippen LogP) is 0.975. The van der Waals surface area contributed by atoms with Gasteiger partial charge >= 0.3 is 6.09 Å². The summed E-state index contributed by atoms with van der Waals surface area (Å²) in [6.07, 6.45) is 0.445. The van der Waals surface area contributed by atoms with Crippen molar-refractivity contribution in [2.75, 3.05) is 44.0 Å². The largest absolute Gasteiger partial charge is 0.486 e. The molecule has 2 aliphatic heterocycles. The van der Waals surface area contributed by atoms with E-state index in [2.05, 4.69) is 15.0 Å². The lowest BCUT2D eigenvalue weighted by Crippen LogP contribution is -2.37. The summed E-state index contributed by atoms with van der Waals surface area (Å²) in [5.74, 6) is 1.40. The van der Waals surface area contributed by atoms with Gasteiger partial charge in [0.1, 0.15) is 13.2 Å². The van der Waals surface area contributed by atoms with Crippen molar-refractivity contribution < 1.29 is 19.0 Å². The second-order valence-electron chi connectivity index (χ2n) is 5.12. The monoisotopic (exact) mass is 293 g/mol. The third kappa shape index (κ3) is 2.76. The Hall–Kier alpha value is -2.31. The van der Waals surface area contributed by atoms with E-state index in [4.69, 9.17) is 15.2 Å². The fraction of sp³-hybridized carbons (Fsp3) is 0.500. The molecule has 7 heteroatoms. The van der Waals surface area contributed by atoms with E-state index in [1.807, 2.05) is 6.07 Å². The van der Waals surface area contributed by atoms with Crippen LogP contribution in [0.2, 0.25) is 0 Å². The first-order chi connectivity index (χ1) is 10.2. The molecule has 3 N–H and O–H groups in total. The van der Waals surface area contributed by atoms with Crippen LogP contribution in [0.4, 0.5) is 16.2 Å². The second-order valence-corrected chi connectivity index (χ2v) is 5.12. The average Bonchev–Trinajstić information content (AvgIpc) is 2.94. The van der Waals surface area contributed by atoms with Gasteiger partial charge in [0.2, 0.25) is 0 Å². The molecule has 1 aromatic rings. The number of amides is 1. The Kier molecular flexibility index (Phi) is 3.64. The Morgan fingerprint density at radius 2 is 2.10 bits per heavy atom. The van der Waals surface area contributed by atoms with Gasteiger partial charge < -0.3 is 30.2 Å². The molecule has 3 rings (SSSR count). The number of hydrogen-bond acceptors (Lipinski definition) is 6. The SMILES string of the molecule is COC(=O)NC1CCN(c2cc3c(cc2N)OCCO3)C1. The molecule has 2 heterocycles. The fourth-order valence-corrected chi connectivity index (χ4v) is 2.69. The molecule has 0 spiro atoms. The molecule has 0 saturated carbocycles. The molecule has 0 aromatic heterocycles. The molecule has 2 aliphatic rings. The Morgan fingerprint density at radius 1 is 1.38 bits per heavy atom. The van der Waals surface area contributed by atoms with Crippen LogP contribution in [-0.4, -0.2) is 45.5 Å². The lowest BCUT2D eigenvalue weighted by atomic mass is 10.2. The summed E-state index contributed by atoms with van der Waals surface area (Å²) < 4.78 is 15.7. The van der Waals surface area contributed by atoms with Crippen molar-refractivity contribution >= 4 is 17.5 Å². The van der Waals surface area contributed by atoms with Crippen molar-refractivity contribution in [3.8, 4) is 11.5 Å². The number of carbonyl (C=O) groups excluding carboxylic acids is 1. The number of rotatable bonds is 2. The van der Waals surface area contributed by atoms with Gasteiger partial charge in [0.25, 0.3) is 0 Å². The van der Waals surface area contributed by atoms with Crippen LogP contribution >= 0.6 is 0 Å². The number of anilines is 2. The standard InChI is InChI=1S/C14H19N3O4/c1-19-14(18)16-9-2-3-17(8-9)11-7-13-12(6-10(11)15)20-4-5-21-13/h6-7,9H,2-5,8,15H2,1H3,(H,16,18). The number of hydrogen-bond donors (Lipinski definition) is 2. The van der Waals surface area contributed by atoms with Crippen LogP contribution in [-0.2, 0) is 4.74 Å². The number of fused-ring (bicyclic) bond motifs is 1. The minimum Gasteiger partial charge on any atom is -0.486 e. The van der Waals surface area contributed by atoms with E-state index in [-0.39, 0.29) is 6.04 Å². The highest BCUT2D eigenvalue weighted by Crippen LogP contribution is 2.39. The number of alkyl carbamates (subject to hydrolysis) is 1. The molecule has 0 aliphatic carbocycles. The van der Waals surface area contributed by atoms with Gasteiger partial charge in [0.15, 0.2) is 11.5 Å². The first-order valence-corrected chi connectivity index (χ1v) is 6.96. The molecule has 114 valence electrons. The minimum absolute atomic E-state index is 0.0602. The Bertz CT molecular complexity index is 549. The van der Waals surface area contributed by atoms with Crippen LogP contribution in [0, 0.1) is 0 Å². The predicted molar refractivity (Wildman–Crippen MR) is 78.0 cm³/mol. The quantitative estimate of drug-likeness (QED) is 0.790. The lowest BCUT2D eigenvalue weighted by molar-refractivity contribution is 0.167. The summed E-state index contributed by atoms with van der Waals surface area (Å²) in [6, 6.07) is 3.76. The van der Waals surface area contributed by atoms with Crippen LogP contribution in [0.3, 0.4) is 0 Å². The Morgan fingerprint density at radius 3 is 2.81 bits per heavy atom. The summed E-state index contributed by atoms with van der Waals surface area (Å²) in [7, 11) is 1.36. The molecule has 0 radical (unpaired) electrons. The van der Waals surface area contributed by atoms with Gasteiger partial charge in [0, 0.05) is 25.2 Å². The average molecular weight is 293 g/mol. The van der Waals surface area contributed by atoms with Gasteiger partial charge in [0.05, 0.1) is 24.5 Å². The van der Waals surface area contributed by atoms with Gasteiger partial charge in [-0.3, -0.25) is 0 Å². The van der Waals surface area contributed by atoms with Gasteiger partial charge in [-0.15, -0.1) is 0 Å². The van der Waals surface area contributed by atoms with Crippen molar-refractivity contribution in [3.05, 3.63) is 12.1 Å². The van der Waals surface area contributed by atoms with Gasteiger partial charge in [-0.1, -0.05) is 0 Å². The molecule has 1 aromatic carbocycles. The summed E-state index contributed by atoms with van der Waals surface area (Å²) in [4.78, 5) is 13.4. The molecular formula is C14H19N3O4. The molecular weight excluding hydrogens is 274 g/mol. The number of ether oxygens (including phenoxy) is 3.